The number of hydrogen-bond donors (Lipinski definition) is 2. The molecule has 0 aliphatic carbocycles. The van der Waals surface area contributed by atoms with Crippen LogP contribution in [0.3, 0.4) is 0 Å². The van der Waals surface area contributed by atoms with Crippen LogP contribution in [-0.4, -0.2) is 35.4 Å². The fourth-order valence-corrected chi connectivity index (χ4v) is 3.18. The number of para-hydroxylation sites is 1. The van der Waals surface area contributed by atoms with Gasteiger partial charge in [-0.15, -0.1) is 0 Å². The molecule has 0 spiro atoms. The van der Waals surface area contributed by atoms with Crippen LogP contribution in [0.15, 0.2) is 48.7 Å². The van der Waals surface area contributed by atoms with Crippen molar-refractivity contribution in [3.05, 3.63) is 53.7 Å². The number of rotatable bonds is 6. The molecule has 0 amide bonds. The molecule has 1 aromatic carbocycles. The molecular formula is C18H19ClN5O2P. The van der Waals surface area contributed by atoms with Gasteiger partial charge in [0.15, 0.2) is 5.82 Å². The third-order valence-electron chi connectivity index (χ3n) is 3.62. The van der Waals surface area contributed by atoms with Crippen LogP contribution in [0.5, 0.6) is 5.88 Å². The van der Waals surface area contributed by atoms with E-state index in [1.807, 2.05) is 30.3 Å². The highest BCUT2D eigenvalue weighted by Gasteiger charge is 2.17. The Balaban J connectivity index is 1.88. The summed E-state index contributed by atoms with van der Waals surface area (Å²) in [5.74, 6) is 1.10. The topological polar surface area (TPSA) is 89.0 Å². The lowest BCUT2D eigenvalue weighted by molar-refractivity contribution is 0.401. The van der Waals surface area contributed by atoms with Gasteiger partial charge in [0, 0.05) is 5.69 Å². The lowest BCUT2D eigenvalue weighted by Gasteiger charge is -2.13. The van der Waals surface area contributed by atoms with E-state index in [1.54, 1.807) is 25.5 Å². The first-order valence-electron chi connectivity index (χ1n) is 8.09. The minimum Gasteiger partial charge on any atom is -0.479 e. The van der Waals surface area contributed by atoms with E-state index in [-0.39, 0.29) is 0 Å². The Morgan fingerprint density at radius 2 is 1.78 bits per heavy atom. The van der Waals surface area contributed by atoms with E-state index >= 15 is 0 Å². The van der Waals surface area contributed by atoms with Gasteiger partial charge in [0.25, 0.3) is 0 Å². The summed E-state index contributed by atoms with van der Waals surface area (Å²) in [5.41, 5.74) is 1.91. The fourth-order valence-electron chi connectivity index (χ4n) is 2.28. The third kappa shape index (κ3) is 4.76. The zero-order chi connectivity index (χ0) is 19.4. The van der Waals surface area contributed by atoms with Crippen molar-refractivity contribution >= 4 is 47.3 Å². The first kappa shape index (κ1) is 19.1. The quantitative estimate of drug-likeness (QED) is 0.594. The van der Waals surface area contributed by atoms with Crippen LogP contribution < -0.4 is 20.8 Å². The molecule has 0 radical (unpaired) electrons. The second-order valence-electron chi connectivity index (χ2n) is 6.08. The van der Waals surface area contributed by atoms with E-state index in [0.29, 0.717) is 33.8 Å². The smallest absolute Gasteiger partial charge is 0.238 e. The van der Waals surface area contributed by atoms with Gasteiger partial charge < -0.3 is 19.9 Å². The SMILES string of the molecule is COc1nc(P(C)(C)=O)ccc1Nc1ncc(Cl)c(Nc2ccccc2)n1. The summed E-state index contributed by atoms with van der Waals surface area (Å²) >= 11 is 6.20. The van der Waals surface area contributed by atoms with E-state index < -0.39 is 7.14 Å². The summed E-state index contributed by atoms with van der Waals surface area (Å²) in [6.07, 6.45) is 1.50. The maximum Gasteiger partial charge on any atom is 0.238 e. The minimum atomic E-state index is -2.49. The van der Waals surface area contributed by atoms with Crippen LogP contribution in [0.1, 0.15) is 0 Å². The van der Waals surface area contributed by atoms with E-state index in [9.17, 15) is 4.57 Å². The summed E-state index contributed by atoms with van der Waals surface area (Å²) in [6, 6.07) is 13.0. The first-order chi connectivity index (χ1) is 12.9. The van der Waals surface area contributed by atoms with Gasteiger partial charge in [-0.25, -0.2) is 9.97 Å². The summed E-state index contributed by atoms with van der Waals surface area (Å²) in [7, 11) is -0.993. The lowest BCUT2D eigenvalue weighted by Crippen LogP contribution is -2.11. The molecule has 2 aromatic heterocycles. The van der Waals surface area contributed by atoms with Gasteiger partial charge in [-0.2, -0.15) is 4.98 Å². The molecule has 2 N–H and O–H groups in total. The number of halogens is 1. The first-order valence-corrected chi connectivity index (χ1v) is 11.1. The fraction of sp³-hybridized carbons (Fsp3) is 0.167. The molecule has 0 unspecified atom stereocenters. The predicted octanol–water partition coefficient (Wildman–Crippen LogP) is 4.27. The maximum atomic E-state index is 12.2. The number of nitrogens with zero attached hydrogens (tertiary/aromatic N) is 3. The molecule has 140 valence electrons. The number of ether oxygens (including phenoxy) is 1. The second kappa shape index (κ2) is 7.94. The molecule has 0 aliphatic rings. The molecular weight excluding hydrogens is 385 g/mol. The van der Waals surface area contributed by atoms with Crippen LogP contribution in [0.4, 0.5) is 23.1 Å². The molecule has 27 heavy (non-hydrogen) atoms. The van der Waals surface area contributed by atoms with Crippen molar-refractivity contribution in [1.29, 1.82) is 0 Å². The van der Waals surface area contributed by atoms with Crippen LogP contribution in [0.2, 0.25) is 5.02 Å². The number of aromatic nitrogens is 3. The van der Waals surface area contributed by atoms with Gasteiger partial charge in [-0.05, 0) is 37.6 Å². The van der Waals surface area contributed by atoms with E-state index in [4.69, 9.17) is 16.3 Å². The van der Waals surface area contributed by atoms with E-state index in [1.165, 1.54) is 13.3 Å². The Hall–Kier alpha value is -2.63. The number of pyridine rings is 1. The van der Waals surface area contributed by atoms with Crippen molar-refractivity contribution < 1.29 is 9.30 Å². The summed E-state index contributed by atoms with van der Waals surface area (Å²) in [5, 5.41) is 6.60. The Morgan fingerprint density at radius 1 is 1.04 bits per heavy atom. The van der Waals surface area contributed by atoms with Gasteiger partial charge in [0.05, 0.1) is 13.3 Å². The summed E-state index contributed by atoms with van der Waals surface area (Å²) in [6.45, 7) is 3.32. The molecule has 7 nitrogen and oxygen atoms in total. The van der Waals surface area contributed by atoms with Gasteiger partial charge in [-0.1, -0.05) is 29.8 Å². The molecule has 0 atom stereocenters. The van der Waals surface area contributed by atoms with Crippen molar-refractivity contribution in [1.82, 2.24) is 15.0 Å². The van der Waals surface area contributed by atoms with E-state index in [2.05, 4.69) is 25.6 Å². The maximum absolute atomic E-state index is 12.2. The largest absolute Gasteiger partial charge is 0.479 e. The number of methoxy groups -OCH3 is 1. The van der Waals surface area contributed by atoms with Gasteiger partial charge in [0.2, 0.25) is 11.8 Å². The number of nitrogens with one attached hydrogen (secondary N) is 2. The van der Waals surface area contributed by atoms with Crippen molar-refractivity contribution in [3.8, 4) is 5.88 Å². The minimum absolute atomic E-state index is 0.313. The van der Waals surface area contributed by atoms with Gasteiger partial charge in [-0.3, -0.25) is 0 Å². The molecule has 3 aromatic rings. The Kier molecular flexibility index (Phi) is 5.63. The highest BCUT2D eigenvalue weighted by atomic mass is 35.5. The molecule has 2 heterocycles. The molecule has 9 heteroatoms. The second-order valence-corrected chi connectivity index (χ2v) is 9.65. The van der Waals surface area contributed by atoms with Gasteiger partial charge in [0.1, 0.15) is 23.3 Å². The molecule has 0 aliphatic heterocycles. The van der Waals surface area contributed by atoms with Crippen LogP contribution in [0.25, 0.3) is 0 Å². The Morgan fingerprint density at radius 3 is 2.44 bits per heavy atom. The average molecular weight is 404 g/mol. The van der Waals surface area contributed by atoms with Crippen LogP contribution in [-0.2, 0) is 4.57 Å². The molecule has 0 saturated heterocycles. The van der Waals surface area contributed by atoms with Crippen molar-refractivity contribution in [2.75, 3.05) is 31.1 Å². The van der Waals surface area contributed by atoms with Crippen molar-refractivity contribution in [3.63, 3.8) is 0 Å². The monoisotopic (exact) mass is 403 g/mol. The van der Waals surface area contributed by atoms with Crippen molar-refractivity contribution in [2.24, 2.45) is 0 Å². The zero-order valence-corrected chi connectivity index (χ0v) is 16.8. The van der Waals surface area contributed by atoms with Crippen LogP contribution in [0, 0.1) is 0 Å². The molecule has 0 saturated carbocycles. The van der Waals surface area contributed by atoms with E-state index in [0.717, 1.165) is 5.69 Å². The average Bonchev–Trinajstić information content (AvgIpc) is 2.64. The summed E-state index contributed by atoms with van der Waals surface area (Å²) < 4.78 is 17.5. The number of anilines is 4. The van der Waals surface area contributed by atoms with Crippen molar-refractivity contribution in [2.45, 2.75) is 0 Å². The molecule has 0 bridgehead atoms. The van der Waals surface area contributed by atoms with Gasteiger partial charge >= 0.3 is 0 Å². The standard InChI is InChI=1S/C18H19ClN5O2P/c1-26-17-14(9-10-15(23-17)27(2,3)25)22-18-20-11-13(19)16(24-18)21-12-7-5-4-6-8-12/h4-11H,1-3H3,(H2,20,21,22,24). The molecule has 3 rings (SSSR count). The van der Waals surface area contributed by atoms with Crippen LogP contribution >= 0.6 is 18.7 Å². The highest BCUT2D eigenvalue weighted by molar-refractivity contribution is 7.69. The predicted molar refractivity (Wildman–Crippen MR) is 110 cm³/mol. The Bertz CT molecular complexity index is 994. The zero-order valence-electron chi connectivity index (χ0n) is 15.1. The number of benzene rings is 1. The lowest BCUT2D eigenvalue weighted by atomic mass is 10.3. The third-order valence-corrected chi connectivity index (χ3v) is 5.25. The Labute approximate surface area is 162 Å². The normalized spacial score (nSPS) is 11.1. The summed E-state index contributed by atoms with van der Waals surface area (Å²) in [4.78, 5) is 12.9. The molecule has 0 fully saturated rings. The number of hydrogen-bond acceptors (Lipinski definition) is 7. The highest BCUT2D eigenvalue weighted by Crippen LogP contribution is 2.36.